The van der Waals surface area contributed by atoms with Gasteiger partial charge in [-0.3, -0.25) is 9.59 Å². The maximum atomic E-state index is 13.4. The quantitative estimate of drug-likeness (QED) is 0.811. The first-order valence-corrected chi connectivity index (χ1v) is 7.15. The number of amides is 2. The smallest absolute Gasteiger partial charge is 0.341 e. The van der Waals surface area contributed by atoms with Crippen molar-refractivity contribution in [3.63, 3.8) is 0 Å². The molecule has 0 aliphatic carbocycles. The maximum absolute atomic E-state index is 13.4. The Labute approximate surface area is 141 Å². The van der Waals surface area contributed by atoms with Crippen molar-refractivity contribution in [3.05, 3.63) is 65.2 Å². The summed E-state index contributed by atoms with van der Waals surface area (Å²) in [6.45, 7) is -0.667. The standard InChI is InChI=1S/C17H14F2N2O4/c1-20-16(23)10-3-2-4-12(7-10)21-15(22)9-25-17(24)13-6-5-11(18)8-14(13)19/h2-8H,9H2,1H3,(H,20,23)(H,21,22). The number of benzene rings is 2. The molecule has 2 aromatic carbocycles. The molecule has 0 radical (unpaired) electrons. The van der Waals surface area contributed by atoms with Gasteiger partial charge in [-0.25, -0.2) is 13.6 Å². The Morgan fingerprint density at radius 2 is 1.84 bits per heavy atom. The SMILES string of the molecule is CNC(=O)c1cccc(NC(=O)COC(=O)c2ccc(F)cc2F)c1. The van der Waals surface area contributed by atoms with Crippen molar-refractivity contribution < 1.29 is 27.9 Å². The average molecular weight is 348 g/mol. The molecule has 0 aliphatic rings. The molecule has 0 aromatic heterocycles. The van der Waals surface area contributed by atoms with Crippen LogP contribution in [0.15, 0.2) is 42.5 Å². The number of nitrogens with one attached hydrogen (secondary N) is 2. The van der Waals surface area contributed by atoms with Crippen LogP contribution in [0.2, 0.25) is 0 Å². The molecule has 0 fully saturated rings. The largest absolute Gasteiger partial charge is 0.452 e. The Kier molecular flexibility index (Phi) is 5.78. The van der Waals surface area contributed by atoms with Gasteiger partial charge in [0.2, 0.25) is 0 Å². The Bertz CT molecular complexity index is 824. The molecule has 8 heteroatoms. The third-order valence-electron chi connectivity index (χ3n) is 3.12. The third-order valence-corrected chi connectivity index (χ3v) is 3.12. The van der Waals surface area contributed by atoms with E-state index in [1.165, 1.54) is 13.1 Å². The summed E-state index contributed by atoms with van der Waals surface area (Å²) in [4.78, 5) is 35.0. The van der Waals surface area contributed by atoms with Crippen molar-refractivity contribution in [1.29, 1.82) is 0 Å². The lowest BCUT2D eigenvalue weighted by molar-refractivity contribution is -0.119. The number of halogens is 2. The average Bonchev–Trinajstić information content (AvgIpc) is 2.59. The molecule has 2 amide bonds. The molecule has 2 rings (SSSR count). The molecule has 6 nitrogen and oxygen atoms in total. The molecule has 0 spiro atoms. The number of esters is 1. The van der Waals surface area contributed by atoms with Crippen LogP contribution in [-0.4, -0.2) is 31.4 Å². The highest BCUT2D eigenvalue weighted by molar-refractivity contribution is 5.98. The maximum Gasteiger partial charge on any atom is 0.341 e. The molecule has 130 valence electrons. The molecule has 0 aliphatic heterocycles. The highest BCUT2D eigenvalue weighted by Crippen LogP contribution is 2.12. The first-order valence-electron chi connectivity index (χ1n) is 7.15. The predicted octanol–water partition coefficient (Wildman–Crippen LogP) is 2.12. The number of hydrogen-bond donors (Lipinski definition) is 2. The van der Waals surface area contributed by atoms with Gasteiger partial charge >= 0.3 is 5.97 Å². The Morgan fingerprint density at radius 3 is 2.52 bits per heavy atom. The van der Waals surface area contributed by atoms with Crippen molar-refractivity contribution in [2.24, 2.45) is 0 Å². The van der Waals surface area contributed by atoms with Gasteiger partial charge in [0.1, 0.15) is 11.6 Å². The lowest BCUT2D eigenvalue weighted by Gasteiger charge is -2.08. The van der Waals surface area contributed by atoms with E-state index in [0.717, 1.165) is 12.1 Å². The number of ether oxygens (including phenoxy) is 1. The fraction of sp³-hybridized carbons (Fsp3) is 0.118. The summed E-state index contributed by atoms with van der Waals surface area (Å²) in [6.07, 6.45) is 0. The zero-order chi connectivity index (χ0) is 18.4. The highest BCUT2D eigenvalue weighted by Gasteiger charge is 2.15. The van der Waals surface area contributed by atoms with Crippen molar-refractivity contribution in [3.8, 4) is 0 Å². The van der Waals surface area contributed by atoms with E-state index in [-0.39, 0.29) is 5.91 Å². The fourth-order valence-electron chi connectivity index (χ4n) is 1.94. The number of carbonyl (C=O) groups is 3. The molecule has 0 atom stereocenters. The second kappa shape index (κ2) is 8.00. The zero-order valence-electron chi connectivity index (χ0n) is 13.1. The van der Waals surface area contributed by atoms with Gasteiger partial charge in [-0.1, -0.05) is 6.07 Å². The molecule has 2 N–H and O–H groups in total. The van der Waals surface area contributed by atoms with Gasteiger partial charge < -0.3 is 15.4 Å². The number of carbonyl (C=O) groups excluding carboxylic acids is 3. The summed E-state index contributed by atoms with van der Waals surface area (Å²) in [5.74, 6) is -4.00. The summed E-state index contributed by atoms with van der Waals surface area (Å²) in [6, 6.07) is 8.50. The molecule has 25 heavy (non-hydrogen) atoms. The van der Waals surface area contributed by atoms with E-state index in [0.29, 0.717) is 17.3 Å². The van der Waals surface area contributed by atoms with E-state index < -0.39 is 35.7 Å². The molecule has 0 saturated carbocycles. The van der Waals surface area contributed by atoms with E-state index in [2.05, 4.69) is 15.4 Å². The Balaban J connectivity index is 1.94. The molecule has 0 bridgehead atoms. The van der Waals surface area contributed by atoms with Crippen LogP contribution in [0.1, 0.15) is 20.7 Å². The van der Waals surface area contributed by atoms with Crippen molar-refractivity contribution in [1.82, 2.24) is 5.32 Å². The second-order valence-corrected chi connectivity index (χ2v) is 4.91. The number of hydrogen-bond acceptors (Lipinski definition) is 4. The van der Waals surface area contributed by atoms with Crippen LogP contribution in [0.5, 0.6) is 0 Å². The minimum Gasteiger partial charge on any atom is -0.452 e. The normalized spacial score (nSPS) is 10.0. The molecule has 0 saturated heterocycles. The van der Waals surface area contributed by atoms with Crippen LogP contribution in [-0.2, 0) is 9.53 Å². The van der Waals surface area contributed by atoms with E-state index in [1.807, 2.05) is 0 Å². The second-order valence-electron chi connectivity index (χ2n) is 4.91. The van der Waals surface area contributed by atoms with Gasteiger partial charge in [0.25, 0.3) is 11.8 Å². The molecular formula is C17H14F2N2O4. The van der Waals surface area contributed by atoms with Crippen LogP contribution in [0.25, 0.3) is 0 Å². The third kappa shape index (κ3) is 4.84. The Morgan fingerprint density at radius 1 is 1.08 bits per heavy atom. The van der Waals surface area contributed by atoms with Gasteiger partial charge in [-0.05, 0) is 30.3 Å². The van der Waals surface area contributed by atoms with Gasteiger partial charge in [0.05, 0.1) is 5.56 Å². The first-order chi connectivity index (χ1) is 11.9. The van der Waals surface area contributed by atoms with E-state index in [9.17, 15) is 23.2 Å². The van der Waals surface area contributed by atoms with Gasteiger partial charge in [-0.15, -0.1) is 0 Å². The lowest BCUT2D eigenvalue weighted by atomic mass is 10.2. The molecule has 0 unspecified atom stereocenters. The fourth-order valence-corrected chi connectivity index (χ4v) is 1.94. The topological polar surface area (TPSA) is 84.5 Å². The van der Waals surface area contributed by atoms with Crippen LogP contribution >= 0.6 is 0 Å². The van der Waals surface area contributed by atoms with Crippen LogP contribution in [0.4, 0.5) is 14.5 Å². The molecular weight excluding hydrogens is 334 g/mol. The Hall–Kier alpha value is -3.29. The minimum absolute atomic E-state index is 0.325. The molecule has 0 heterocycles. The monoisotopic (exact) mass is 348 g/mol. The number of anilines is 1. The van der Waals surface area contributed by atoms with Crippen LogP contribution in [0.3, 0.4) is 0 Å². The predicted molar refractivity (Wildman–Crippen MR) is 85.1 cm³/mol. The summed E-state index contributed by atoms with van der Waals surface area (Å²) in [7, 11) is 1.47. The van der Waals surface area contributed by atoms with Crippen molar-refractivity contribution >= 4 is 23.5 Å². The van der Waals surface area contributed by atoms with E-state index in [4.69, 9.17) is 0 Å². The summed E-state index contributed by atoms with van der Waals surface area (Å²) in [5, 5.41) is 4.89. The van der Waals surface area contributed by atoms with E-state index in [1.54, 1.807) is 18.2 Å². The van der Waals surface area contributed by atoms with Crippen molar-refractivity contribution in [2.75, 3.05) is 19.0 Å². The summed E-state index contributed by atoms with van der Waals surface area (Å²) in [5.41, 5.74) is 0.191. The highest BCUT2D eigenvalue weighted by atomic mass is 19.1. The summed E-state index contributed by atoms with van der Waals surface area (Å²) < 4.78 is 30.9. The first kappa shape index (κ1) is 18.1. The lowest BCUT2D eigenvalue weighted by Crippen LogP contribution is -2.22. The van der Waals surface area contributed by atoms with E-state index >= 15 is 0 Å². The molecule has 2 aromatic rings. The zero-order valence-corrected chi connectivity index (χ0v) is 13.1. The van der Waals surface area contributed by atoms with Gasteiger partial charge in [-0.2, -0.15) is 0 Å². The van der Waals surface area contributed by atoms with Gasteiger partial charge in [0.15, 0.2) is 6.61 Å². The van der Waals surface area contributed by atoms with Crippen LogP contribution < -0.4 is 10.6 Å². The van der Waals surface area contributed by atoms with Crippen LogP contribution in [0, 0.1) is 11.6 Å². The minimum atomic E-state index is -1.09. The summed E-state index contributed by atoms with van der Waals surface area (Å²) >= 11 is 0. The van der Waals surface area contributed by atoms with Crippen molar-refractivity contribution in [2.45, 2.75) is 0 Å². The van der Waals surface area contributed by atoms with Gasteiger partial charge in [0, 0.05) is 24.4 Å². The number of rotatable bonds is 5.